The summed E-state index contributed by atoms with van der Waals surface area (Å²) < 4.78 is 6.02. The van der Waals surface area contributed by atoms with Gasteiger partial charge in [0.05, 0.1) is 17.8 Å². The molecular weight excluding hydrogens is 314 g/mol. The maximum absolute atomic E-state index is 5.22. The summed E-state index contributed by atoms with van der Waals surface area (Å²) in [7, 11) is 1.63. The number of hydrogen-bond acceptors (Lipinski definition) is 5. The van der Waals surface area contributed by atoms with Crippen LogP contribution in [0, 0.1) is 0 Å². The van der Waals surface area contributed by atoms with Gasteiger partial charge >= 0.3 is 0 Å². The van der Waals surface area contributed by atoms with Gasteiger partial charge in [0.1, 0.15) is 0 Å². The Kier molecular flexibility index (Phi) is 5.12. The fourth-order valence-corrected chi connectivity index (χ4v) is 3.24. The van der Waals surface area contributed by atoms with Crippen molar-refractivity contribution in [1.82, 2.24) is 9.97 Å². The van der Waals surface area contributed by atoms with Crippen molar-refractivity contribution in [3.05, 3.63) is 10.7 Å². The Morgan fingerprint density at radius 1 is 1.44 bits per heavy atom. The van der Waals surface area contributed by atoms with E-state index in [2.05, 4.69) is 37.1 Å². The molecule has 2 rings (SSSR count). The van der Waals surface area contributed by atoms with Gasteiger partial charge in [0, 0.05) is 18.3 Å². The largest absolute Gasteiger partial charge is 0.480 e. The molecule has 1 fully saturated rings. The van der Waals surface area contributed by atoms with Crippen molar-refractivity contribution >= 4 is 33.6 Å². The first kappa shape index (κ1) is 13.9. The lowest BCUT2D eigenvalue weighted by Crippen LogP contribution is -2.26. The second-order valence-electron chi connectivity index (χ2n) is 4.30. The van der Waals surface area contributed by atoms with Crippen LogP contribution in [0.15, 0.2) is 10.7 Å². The lowest BCUT2D eigenvalue weighted by molar-refractivity contribution is 0.393. The Balaban J connectivity index is 2.11. The Bertz CT molecular complexity index is 405. The van der Waals surface area contributed by atoms with E-state index in [0.29, 0.717) is 5.88 Å². The van der Waals surface area contributed by atoms with Gasteiger partial charge in [-0.05, 0) is 41.4 Å². The van der Waals surface area contributed by atoms with Gasteiger partial charge in [-0.1, -0.05) is 0 Å². The van der Waals surface area contributed by atoms with E-state index >= 15 is 0 Å². The minimum absolute atomic E-state index is 0.602. The molecule has 2 heterocycles. The van der Waals surface area contributed by atoms with E-state index in [9.17, 15) is 0 Å². The Morgan fingerprint density at radius 2 is 2.28 bits per heavy atom. The quantitative estimate of drug-likeness (QED) is 0.851. The Labute approximate surface area is 121 Å². The van der Waals surface area contributed by atoms with E-state index in [4.69, 9.17) is 4.74 Å². The number of halogens is 1. The maximum Gasteiger partial charge on any atom is 0.232 e. The number of methoxy groups -OCH3 is 1. The highest BCUT2D eigenvalue weighted by Gasteiger charge is 2.19. The minimum Gasteiger partial charge on any atom is -0.480 e. The molecule has 1 aromatic heterocycles. The number of thioether (sulfide) groups is 1. The van der Waals surface area contributed by atoms with Crippen LogP contribution in [-0.2, 0) is 0 Å². The van der Waals surface area contributed by atoms with E-state index in [-0.39, 0.29) is 0 Å². The van der Waals surface area contributed by atoms with Crippen molar-refractivity contribution in [3.63, 3.8) is 0 Å². The van der Waals surface area contributed by atoms with Crippen LogP contribution in [0.1, 0.15) is 19.3 Å². The lowest BCUT2D eigenvalue weighted by Gasteiger charge is -2.20. The summed E-state index contributed by atoms with van der Waals surface area (Å²) in [5.74, 6) is 1.38. The molecule has 0 aliphatic carbocycles. The maximum atomic E-state index is 5.22. The Morgan fingerprint density at radius 3 is 3.00 bits per heavy atom. The molecule has 6 heteroatoms. The van der Waals surface area contributed by atoms with Crippen molar-refractivity contribution in [2.24, 2.45) is 0 Å². The third-order valence-corrected chi connectivity index (χ3v) is 4.87. The van der Waals surface area contributed by atoms with Crippen LogP contribution in [0.5, 0.6) is 5.88 Å². The average Bonchev–Trinajstić information content (AvgIpc) is 2.64. The first-order valence-corrected chi connectivity index (χ1v) is 8.17. The van der Waals surface area contributed by atoms with Gasteiger partial charge in [-0.3, -0.25) is 0 Å². The van der Waals surface area contributed by atoms with Crippen LogP contribution in [0.25, 0.3) is 0 Å². The van der Waals surface area contributed by atoms with Crippen LogP contribution in [0.3, 0.4) is 0 Å². The molecule has 0 aromatic carbocycles. The molecule has 1 aliphatic heterocycles. The van der Waals surface area contributed by atoms with Crippen molar-refractivity contribution in [3.8, 4) is 5.88 Å². The standard InChI is InChI=1S/C12H18BrN3OS/c1-17-11-10(13)8-14-12(15-11)16-6-3-4-9(18-2)5-7-16/h8-9H,3-7H2,1-2H3. The van der Waals surface area contributed by atoms with E-state index in [1.54, 1.807) is 13.3 Å². The topological polar surface area (TPSA) is 38.2 Å². The fraction of sp³-hybridized carbons (Fsp3) is 0.667. The van der Waals surface area contributed by atoms with Gasteiger partial charge in [0.2, 0.25) is 11.8 Å². The van der Waals surface area contributed by atoms with Gasteiger partial charge in [-0.2, -0.15) is 16.7 Å². The molecule has 0 radical (unpaired) electrons. The van der Waals surface area contributed by atoms with E-state index in [1.807, 2.05) is 11.8 Å². The van der Waals surface area contributed by atoms with Crippen molar-refractivity contribution in [1.29, 1.82) is 0 Å². The van der Waals surface area contributed by atoms with Crippen molar-refractivity contribution in [2.75, 3.05) is 31.4 Å². The molecule has 0 N–H and O–H groups in total. The lowest BCUT2D eigenvalue weighted by atomic mass is 10.2. The first-order valence-electron chi connectivity index (χ1n) is 6.09. The molecule has 100 valence electrons. The molecule has 1 saturated heterocycles. The SMILES string of the molecule is COc1nc(N2CCCC(SC)CC2)ncc1Br. The minimum atomic E-state index is 0.602. The highest BCUT2D eigenvalue weighted by Crippen LogP contribution is 2.26. The van der Waals surface area contributed by atoms with E-state index < -0.39 is 0 Å². The molecule has 1 aromatic rings. The smallest absolute Gasteiger partial charge is 0.232 e. The van der Waals surface area contributed by atoms with Crippen LogP contribution < -0.4 is 9.64 Å². The zero-order valence-corrected chi connectivity index (χ0v) is 13.1. The molecule has 0 bridgehead atoms. The second kappa shape index (κ2) is 6.61. The van der Waals surface area contributed by atoms with Crippen LogP contribution in [0.2, 0.25) is 0 Å². The predicted octanol–water partition coefficient (Wildman–Crippen LogP) is 2.97. The predicted molar refractivity (Wildman–Crippen MR) is 79.7 cm³/mol. The molecule has 0 saturated carbocycles. The van der Waals surface area contributed by atoms with Crippen LogP contribution in [0.4, 0.5) is 5.95 Å². The summed E-state index contributed by atoms with van der Waals surface area (Å²) in [6, 6.07) is 0. The molecular formula is C12H18BrN3OS. The van der Waals surface area contributed by atoms with E-state index in [1.165, 1.54) is 19.3 Å². The monoisotopic (exact) mass is 331 g/mol. The summed E-state index contributed by atoms with van der Waals surface area (Å²) in [6.07, 6.45) is 7.64. The number of aromatic nitrogens is 2. The van der Waals surface area contributed by atoms with Crippen LogP contribution >= 0.6 is 27.7 Å². The zero-order valence-electron chi connectivity index (χ0n) is 10.7. The third kappa shape index (κ3) is 3.29. The third-order valence-electron chi connectivity index (χ3n) is 3.18. The molecule has 1 atom stereocenters. The fourth-order valence-electron chi connectivity index (χ4n) is 2.14. The molecule has 0 spiro atoms. The van der Waals surface area contributed by atoms with Crippen molar-refractivity contribution < 1.29 is 4.74 Å². The normalized spacial score (nSPS) is 20.6. The second-order valence-corrected chi connectivity index (χ2v) is 6.30. The number of ether oxygens (including phenoxy) is 1. The number of hydrogen-bond donors (Lipinski definition) is 0. The molecule has 4 nitrogen and oxygen atoms in total. The zero-order chi connectivity index (χ0) is 13.0. The highest BCUT2D eigenvalue weighted by molar-refractivity contribution is 9.10. The molecule has 18 heavy (non-hydrogen) atoms. The summed E-state index contributed by atoms with van der Waals surface area (Å²) >= 11 is 5.35. The molecule has 1 unspecified atom stereocenters. The number of rotatable bonds is 3. The highest BCUT2D eigenvalue weighted by atomic mass is 79.9. The van der Waals surface area contributed by atoms with Crippen molar-refractivity contribution in [2.45, 2.75) is 24.5 Å². The van der Waals surface area contributed by atoms with Gasteiger partial charge < -0.3 is 9.64 Å². The summed E-state index contributed by atoms with van der Waals surface area (Å²) in [5.41, 5.74) is 0. The molecule has 1 aliphatic rings. The van der Waals surface area contributed by atoms with Gasteiger partial charge in [-0.25, -0.2) is 4.98 Å². The number of anilines is 1. The summed E-state index contributed by atoms with van der Waals surface area (Å²) in [6.45, 7) is 2.05. The molecule has 0 amide bonds. The van der Waals surface area contributed by atoms with Gasteiger partial charge in [0.25, 0.3) is 0 Å². The summed E-state index contributed by atoms with van der Waals surface area (Å²) in [4.78, 5) is 11.1. The van der Waals surface area contributed by atoms with E-state index in [0.717, 1.165) is 28.8 Å². The van der Waals surface area contributed by atoms with Gasteiger partial charge in [0.15, 0.2) is 0 Å². The first-order chi connectivity index (χ1) is 8.74. The summed E-state index contributed by atoms with van der Waals surface area (Å²) in [5, 5.41) is 0.771. The number of nitrogens with zero attached hydrogens (tertiary/aromatic N) is 3. The average molecular weight is 332 g/mol. The Hall–Kier alpha value is -0.490. The van der Waals surface area contributed by atoms with Gasteiger partial charge in [-0.15, -0.1) is 0 Å². The van der Waals surface area contributed by atoms with Crippen LogP contribution in [-0.4, -0.2) is 41.7 Å².